The van der Waals surface area contributed by atoms with Gasteiger partial charge >= 0.3 is 0 Å². The molecule has 0 bridgehead atoms. The van der Waals surface area contributed by atoms with Gasteiger partial charge in [-0.1, -0.05) is 49.7 Å². The first-order chi connectivity index (χ1) is 16.9. The molecule has 4 rings (SSSR count). The van der Waals surface area contributed by atoms with Crippen molar-refractivity contribution >= 4 is 44.2 Å². The summed E-state index contributed by atoms with van der Waals surface area (Å²) >= 11 is 0. The number of unbranched alkanes of at least 4 members (excludes halogenated alkanes) is 1. The Morgan fingerprint density at radius 1 is 0.971 bits per heavy atom. The summed E-state index contributed by atoms with van der Waals surface area (Å²) in [7, 11) is -3.60. The second-order valence-corrected chi connectivity index (χ2v) is 9.87. The molecule has 1 aromatic heterocycles. The first kappa shape index (κ1) is 24.3. The monoisotopic (exact) mass is 489 g/mol. The Labute approximate surface area is 204 Å². The van der Waals surface area contributed by atoms with Gasteiger partial charge in [-0.05, 0) is 42.3 Å². The SMILES string of the molecule is CCCCNS(=O)(=O)c1cccc(Nc2ncc3cccc(-c4cccc(NC(C)=O)c4)c3n2)c1. The van der Waals surface area contributed by atoms with Gasteiger partial charge in [-0.15, -0.1) is 0 Å². The standard InChI is InChI=1S/C26H27N5O3S/c1-3-4-14-28-35(33,34)23-12-7-11-22(16-23)30-26-27-17-20-9-6-13-24(25(20)31-26)19-8-5-10-21(15-19)29-18(2)32/h5-13,15-17,28H,3-4,14H2,1-2H3,(H,29,32)(H,27,30,31). The maximum Gasteiger partial charge on any atom is 0.240 e. The fourth-order valence-electron chi connectivity index (χ4n) is 3.65. The zero-order valence-electron chi connectivity index (χ0n) is 19.6. The summed E-state index contributed by atoms with van der Waals surface area (Å²) in [5.41, 5.74) is 3.78. The fraction of sp³-hybridized carbons (Fsp3) is 0.192. The summed E-state index contributed by atoms with van der Waals surface area (Å²) in [5.74, 6) is 0.204. The maximum absolute atomic E-state index is 12.6. The summed E-state index contributed by atoms with van der Waals surface area (Å²) in [5, 5.41) is 6.78. The number of rotatable bonds is 9. The zero-order chi connectivity index (χ0) is 24.8. The van der Waals surface area contributed by atoms with Gasteiger partial charge < -0.3 is 10.6 Å². The van der Waals surface area contributed by atoms with Gasteiger partial charge in [0.1, 0.15) is 0 Å². The van der Waals surface area contributed by atoms with Crippen LogP contribution >= 0.6 is 0 Å². The lowest BCUT2D eigenvalue weighted by Gasteiger charge is -2.11. The average molecular weight is 490 g/mol. The minimum atomic E-state index is -3.60. The number of amides is 1. The van der Waals surface area contributed by atoms with E-state index >= 15 is 0 Å². The summed E-state index contributed by atoms with van der Waals surface area (Å²) in [6.07, 6.45) is 3.40. The van der Waals surface area contributed by atoms with E-state index in [1.54, 1.807) is 30.5 Å². The number of fused-ring (bicyclic) bond motifs is 1. The molecule has 0 aliphatic rings. The van der Waals surface area contributed by atoms with Crippen molar-refractivity contribution in [3.8, 4) is 11.1 Å². The highest BCUT2D eigenvalue weighted by molar-refractivity contribution is 7.89. The Balaban J connectivity index is 1.65. The smallest absolute Gasteiger partial charge is 0.240 e. The van der Waals surface area contributed by atoms with Gasteiger partial charge in [-0.2, -0.15) is 0 Å². The van der Waals surface area contributed by atoms with Crippen LogP contribution in [0.15, 0.2) is 77.8 Å². The molecule has 0 atom stereocenters. The molecule has 8 nitrogen and oxygen atoms in total. The molecule has 4 aromatic rings. The van der Waals surface area contributed by atoms with E-state index in [1.165, 1.54) is 6.92 Å². The van der Waals surface area contributed by atoms with Gasteiger partial charge in [0, 0.05) is 42.0 Å². The van der Waals surface area contributed by atoms with Crippen LogP contribution in [0.4, 0.5) is 17.3 Å². The zero-order valence-corrected chi connectivity index (χ0v) is 20.4. The fourth-order valence-corrected chi connectivity index (χ4v) is 4.77. The molecule has 3 N–H and O–H groups in total. The number of benzene rings is 3. The van der Waals surface area contributed by atoms with Crippen LogP contribution < -0.4 is 15.4 Å². The number of para-hydroxylation sites is 1. The molecule has 0 fully saturated rings. The molecule has 1 amide bonds. The summed E-state index contributed by atoms with van der Waals surface area (Å²) in [4.78, 5) is 20.8. The molecule has 0 spiro atoms. The second kappa shape index (κ2) is 10.6. The lowest BCUT2D eigenvalue weighted by molar-refractivity contribution is -0.114. The van der Waals surface area contributed by atoms with Crippen molar-refractivity contribution in [2.45, 2.75) is 31.6 Å². The molecule has 9 heteroatoms. The van der Waals surface area contributed by atoms with Gasteiger partial charge in [-0.3, -0.25) is 4.79 Å². The van der Waals surface area contributed by atoms with E-state index in [9.17, 15) is 13.2 Å². The molecular weight excluding hydrogens is 462 g/mol. The first-order valence-corrected chi connectivity index (χ1v) is 12.8. The van der Waals surface area contributed by atoms with Crippen LogP contribution in [0.25, 0.3) is 22.0 Å². The summed E-state index contributed by atoms with van der Waals surface area (Å²) < 4.78 is 27.8. The summed E-state index contributed by atoms with van der Waals surface area (Å²) in [6.45, 7) is 3.88. The lowest BCUT2D eigenvalue weighted by atomic mass is 10.0. The normalized spacial score (nSPS) is 11.4. The van der Waals surface area contributed by atoms with Crippen LogP contribution in [0.5, 0.6) is 0 Å². The number of nitrogens with one attached hydrogen (secondary N) is 3. The van der Waals surface area contributed by atoms with Gasteiger partial charge in [0.15, 0.2) is 0 Å². The second-order valence-electron chi connectivity index (χ2n) is 8.10. The highest BCUT2D eigenvalue weighted by atomic mass is 32.2. The van der Waals surface area contributed by atoms with Crippen molar-refractivity contribution in [3.63, 3.8) is 0 Å². The molecule has 1 heterocycles. The van der Waals surface area contributed by atoms with E-state index in [0.717, 1.165) is 34.9 Å². The van der Waals surface area contributed by atoms with E-state index in [0.29, 0.717) is 23.9 Å². The molecule has 0 unspecified atom stereocenters. The van der Waals surface area contributed by atoms with Crippen LogP contribution in [0, 0.1) is 0 Å². The van der Waals surface area contributed by atoms with Gasteiger partial charge in [0.25, 0.3) is 0 Å². The molecule has 35 heavy (non-hydrogen) atoms. The number of anilines is 3. The largest absolute Gasteiger partial charge is 0.326 e. The van der Waals surface area contributed by atoms with Crippen molar-refractivity contribution in [2.75, 3.05) is 17.2 Å². The quantitative estimate of drug-likeness (QED) is 0.283. The highest BCUT2D eigenvalue weighted by Crippen LogP contribution is 2.30. The number of carbonyl (C=O) groups is 1. The maximum atomic E-state index is 12.6. The van der Waals surface area contributed by atoms with Crippen molar-refractivity contribution < 1.29 is 13.2 Å². The number of hydrogen-bond acceptors (Lipinski definition) is 6. The highest BCUT2D eigenvalue weighted by Gasteiger charge is 2.14. The molecular formula is C26H27N5O3S. The van der Waals surface area contributed by atoms with Gasteiger partial charge in [-0.25, -0.2) is 23.1 Å². The van der Waals surface area contributed by atoms with Crippen molar-refractivity contribution in [1.29, 1.82) is 0 Å². The van der Waals surface area contributed by atoms with Gasteiger partial charge in [0.2, 0.25) is 21.9 Å². The minimum absolute atomic E-state index is 0.140. The third-order valence-corrected chi connectivity index (χ3v) is 6.79. The van der Waals surface area contributed by atoms with Crippen molar-refractivity contribution in [2.24, 2.45) is 0 Å². The third-order valence-electron chi connectivity index (χ3n) is 5.33. The Hall–Kier alpha value is -3.82. The van der Waals surface area contributed by atoms with E-state index in [4.69, 9.17) is 4.98 Å². The predicted octanol–water partition coefficient (Wildman–Crippen LogP) is 5.08. The third kappa shape index (κ3) is 6.00. The van der Waals surface area contributed by atoms with E-state index in [1.807, 2.05) is 49.4 Å². The topological polar surface area (TPSA) is 113 Å². The molecule has 0 aliphatic heterocycles. The van der Waals surface area contributed by atoms with Crippen LogP contribution in [-0.2, 0) is 14.8 Å². The molecule has 0 radical (unpaired) electrons. The number of carbonyl (C=O) groups excluding carboxylic acids is 1. The number of aromatic nitrogens is 2. The lowest BCUT2D eigenvalue weighted by Crippen LogP contribution is -2.24. The average Bonchev–Trinajstić information content (AvgIpc) is 2.84. The van der Waals surface area contributed by atoms with Crippen LogP contribution in [-0.4, -0.2) is 30.8 Å². The van der Waals surface area contributed by atoms with E-state index < -0.39 is 10.0 Å². The minimum Gasteiger partial charge on any atom is -0.326 e. The Bertz CT molecular complexity index is 1470. The number of nitrogens with zero attached hydrogens (tertiary/aromatic N) is 2. The Kier molecular flexibility index (Phi) is 7.38. The molecule has 3 aromatic carbocycles. The molecule has 0 saturated carbocycles. The van der Waals surface area contributed by atoms with E-state index in [2.05, 4.69) is 20.3 Å². The number of sulfonamides is 1. The van der Waals surface area contributed by atoms with Crippen molar-refractivity contribution in [3.05, 3.63) is 72.9 Å². The first-order valence-electron chi connectivity index (χ1n) is 11.4. The predicted molar refractivity (Wildman–Crippen MR) is 139 cm³/mol. The number of hydrogen-bond donors (Lipinski definition) is 3. The van der Waals surface area contributed by atoms with Crippen LogP contribution in [0.3, 0.4) is 0 Å². The summed E-state index contributed by atoms with van der Waals surface area (Å²) in [6, 6.07) is 19.9. The van der Waals surface area contributed by atoms with Crippen molar-refractivity contribution in [1.82, 2.24) is 14.7 Å². The molecule has 180 valence electrons. The Morgan fingerprint density at radius 3 is 2.54 bits per heavy atom. The Morgan fingerprint density at radius 2 is 1.74 bits per heavy atom. The van der Waals surface area contributed by atoms with Crippen LogP contribution in [0.2, 0.25) is 0 Å². The molecule has 0 saturated heterocycles. The van der Waals surface area contributed by atoms with Gasteiger partial charge in [0.05, 0.1) is 10.4 Å². The van der Waals surface area contributed by atoms with E-state index in [-0.39, 0.29) is 10.8 Å². The molecule has 0 aliphatic carbocycles. The van der Waals surface area contributed by atoms with Crippen LogP contribution in [0.1, 0.15) is 26.7 Å².